The quantitative estimate of drug-likeness (QED) is 0.840. The Morgan fingerprint density at radius 2 is 1.41 bits per heavy atom. The summed E-state index contributed by atoms with van der Waals surface area (Å²) in [7, 11) is 0. The molecule has 4 aliphatic carbocycles. The van der Waals surface area contributed by atoms with Crippen molar-refractivity contribution in [2.45, 2.75) is 38.5 Å². The molecule has 122 valence electrons. The van der Waals surface area contributed by atoms with Crippen molar-refractivity contribution in [3.63, 3.8) is 0 Å². The van der Waals surface area contributed by atoms with Gasteiger partial charge in [0, 0.05) is 26.2 Å². The number of rotatable bonds is 3. The molecule has 0 spiro atoms. The van der Waals surface area contributed by atoms with E-state index in [2.05, 4.69) is 9.80 Å². The van der Waals surface area contributed by atoms with Gasteiger partial charge in [0.2, 0.25) is 11.8 Å². The van der Waals surface area contributed by atoms with E-state index >= 15 is 0 Å². The van der Waals surface area contributed by atoms with Crippen LogP contribution in [0, 0.1) is 23.2 Å². The summed E-state index contributed by atoms with van der Waals surface area (Å²) in [6, 6.07) is 0. The average Bonchev–Trinajstić information content (AvgIpc) is 2.45. The number of hydrogen-bond donors (Lipinski definition) is 1. The number of carbonyl (C=O) groups excluding carboxylic acids is 2. The minimum atomic E-state index is -0.277. The van der Waals surface area contributed by atoms with Crippen LogP contribution in [-0.2, 0) is 9.59 Å². The lowest BCUT2D eigenvalue weighted by Crippen LogP contribution is -2.58. The van der Waals surface area contributed by atoms with Gasteiger partial charge in [0.05, 0.1) is 12.0 Å². The maximum absolute atomic E-state index is 13.2. The predicted molar refractivity (Wildman–Crippen MR) is 82.8 cm³/mol. The number of amides is 2. The number of piperazine rings is 1. The first-order chi connectivity index (χ1) is 10.5. The molecule has 0 aromatic rings. The molecule has 0 aromatic carbocycles. The maximum Gasteiger partial charge on any atom is 0.231 e. The first kappa shape index (κ1) is 14.5. The lowest BCUT2D eigenvalue weighted by Gasteiger charge is -2.57. The third kappa shape index (κ3) is 2.43. The summed E-state index contributed by atoms with van der Waals surface area (Å²) in [4.78, 5) is 28.3. The summed E-state index contributed by atoms with van der Waals surface area (Å²) in [5, 5.41) is 0. The standard InChI is InChI=1S/C17H27N3O2/c18-15(21)11-19-1-3-20(4-2-19)16(22)17-8-12-5-13(9-17)7-14(6-12)10-17/h12-14H,1-11H2,(H2,18,21). The van der Waals surface area contributed by atoms with Crippen molar-refractivity contribution in [1.29, 1.82) is 0 Å². The van der Waals surface area contributed by atoms with Gasteiger partial charge in [-0.25, -0.2) is 0 Å². The van der Waals surface area contributed by atoms with E-state index in [-0.39, 0.29) is 11.3 Å². The summed E-state index contributed by atoms with van der Waals surface area (Å²) in [5.41, 5.74) is 5.23. The smallest absolute Gasteiger partial charge is 0.231 e. The van der Waals surface area contributed by atoms with Crippen molar-refractivity contribution < 1.29 is 9.59 Å². The summed E-state index contributed by atoms with van der Waals surface area (Å²) in [5.74, 6) is 2.58. The van der Waals surface area contributed by atoms with Gasteiger partial charge in [-0.2, -0.15) is 0 Å². The lowest BCUT2D eigenvalue weighted by atomic mass is 9.49. The molecule has 2 N–H and O–H groups in total. The Labute approximate surface area is 132 Å². The van der Waals surface area contributed by atoms with Crippen LogP contribution in [0.5, 0.6) is 0 Å². The highest BCUT2D eigenvalue weighted by atomic mass is 16.2. The average molecular weight is 305 g/mol. The summed E-state index contributed by atoms with van der Waals surface area (Å²) >= 11 is 0. The molecule has 22 heavy (non-hydrogen) atoms. The van der Waals surface area contributed by atoms with Gasteiger partial charge in [0.1, 0.15) is 0 Å². The second kappa shape index (κ2) is 5.22. The van der Waals surface area contributed by atoms with Crippen LogP contribution in [0.4, 0.5) is 0 Å². The van der Waals surface area contributed by atoms with E-state index < -0.39 is 0 Å². The first-order valence-corrected chi connectivity index (χ1v) is 8.84. The van der Waals surface area contributed by atoms with E-state index in [1.165, 1.54) is 19.3 Å². The lowest BCUT2D eigenvalue weighted by molar-refractivity contribution is -0.159. The summed E-state index contributed by atoms with van der Waals surface area (Å²) in [6.07, 6.45) is 7.54. The van der Waals surface area contributed by atoms with Gasteiger partial charge in [-0.15, -0.1) is 0 Å². The van der Waals surface area contributed by atoms with Crippen LogP contribution < -0.4 is 5.73 Å². The molecule has 4 bridgehead atoms. The Bertz CT molecular complexity index is 447. The van der Waals surface area contributed by atoms with Crippen LogP contribution in [0.25, 0.3) is 0 Å². The zero-order valence-corrected chi connectivity index (χ0v) is 13.3. The molecule has 0 unspecified atom stereocenters. The zero-order valence-electron chi connectivity index (χ0n) is 13.3. The molecule has 0 radical (unpaired) electrons. The van der Waals surface area contributed by atoms with Gasteiger partial charge in [0.15, 0.2) is 0 Å². The molecule has 1 aliphatic heterocycles. The minimum Gasteiger partial charge on any atom is -0.369 e. The first-order valence-electron chi connectivity index (χ1n) is 8.84. The molecule has 5 heteroatoms. The highest BCUT2D eigenvalue weighted by Gasteiger charge is 2.55. The van der Waals surface area contributed by atoms with Crippen molar-refractivity contribution in [1.82, 2.24) is 9.80 Å². The molecular formula is C17H27N3O2. The minimum absolute atomic E-state index is 0.0272. The van der Waals surface area contributed by atoms with Gasteiger partial charge < -0.3 is 10.6 Å². The fraction of sp³-hybridized carbons (Fsp3) is 0.882. The van der Waals surface area contributed by atoms with Gasteiger partial charge in [0.25, 0.3) is 0 Å². The Morgan fingerprint density at radius 3 is 1.86 bits per heavy atom. The third-order valence-corrected chi connectivity index (χ3v) is 6.53. The number of primary amides is 1. The highest BCUT2D eigenvalue weighted by Crippen LogP contribution is 2.60. The Hall–Kier alpha value is -1.10. The van der Waals surface area contributed by atoms with Crippen molar-refractivity contribution in [2.24, 2.45) is 28.9 Å². The largest absolute Gasteiger partial charge is 0.369 e. The second-order valence-electron chi connectivity index (χ2n) is 8.23. The topological polar surface area (TPSA) is 66.6 Å². The zero-order chi connectivity index (χ0) is 15.3. The SMILES string of the molecule is NC(=O)CN1CCN(C(=O)C23CC4CC(CC(C4)C2)C3)CC1. The fourth-order valence-corrected chi connectivity index (χ4v) is 6.04. The van der Waals surface area contributed by atoms with Gasteiger partial charge in [-0.1, -0.05) is 0 Å². The molecule has 5 nitrogen and oxygen atoms in total. The van der Waals surface area contributed by atoms with Crippen molar-refractivity contribution in [3.05, 3.63) is 0 Å². The Morgan fingerprint density at radius 1 is 0.909 bits per heavy atom. The molecule has 2 amide bonds. The molecule has 5 rings (SSSR count). The molecule has 4 saturated carbocycles. The van der Waals surface area contributed by atoms with Crippen LogP contribution in [0.15, 0.2) is 0 Å². The van der Waals surface area contributed by atoms with E-state index in [0.717, 1.165) is 63.2 Å². The van der Waals surface area contributed by atoms with Crippen LogP contribution in [0.1, 0.15) is 38.5 Å². The van der Waals surface area contributed by atoms with E-state index in [1.807, 2.05) is 0 Å². The molecule has 5 fully saturated rings. The summed E-state index contributed by atoms with van der Waals surface area (Å²) in [6.45, 7) is 3.39. The van der Waals surface area contributed by atoms with Gasteiger partial charge in [-0.3, -0.25) is 14.5 Å². The van der Waals surface area contributed by atoms with E-state index in [0.29, 0.717) is 12.5 Å². The number of carbonyl (C=O) groups is 2. The Kier molecular flexibility index (Phi) is 3.44. The van der Waals surface area contributed by atoms with Gasteiger partial charge >= 0.3 is 0 Å². The van der Waals surface area contributed by atoms with Crippen LogP contribution >= 0.6 is 0 Å². The van der Waals surface area contributed by atoms with Crippen LogP contribution in [0.3, 0.4) is 0 Å². The van der Waals surface area contributed by atoms with Crippen LogP contribution in [0.2, 0.25) is 0 Å². The normalized spacial score (nSPS) is 40.9. The Balaban J connectivity index is 1.41. The van der Waals surface area contributed by atoms with Gasteiger partial charge in [-0.05, 0) is 56.3 Å². The van der Waals surface area contributed by atoms with Crippen molar-refractivity contribution >= 4 is 11.8 Å². The maximum atomic E-state index is 13.2. The third-order valence-electron chi connectivity index (χ3n) is 6.53. The highest BCUT2D eigenvalue weighted by molar-refractivity contribution is 5.83. The fourth-order valence-electron chi connectivity index (χ4n) is 6.04. The number of nitrogens with zero attached hydrogens (tertiary/aromatic N) is 2. The molecular weight excluding hydrogens is 278 g/mol. The van der Waals surface area contributed by atoms with E-state index in [4.69, 9.17) is 5.73 Å². The monoisotopic (exact) mass is 305 g/mol. The summed E-state index contributed by atoms with van der Waals surface area (Å²) < 4.78 is 0. The van der Waals surface area contributed by atoms with E-state index in [9.17, 15) is 9.59 Å². The number of hydrogen-bond acceptors (Lipinski definition) is 3. The molecule has 0 aromatic heterocycles. The van der Waals surface area contributed by atoms with Crippen molar-refractivity contribution in [3.8, 4) is 0 Å². The predicted octanol–water partition coefficient (Wildman–Crippen LogP) is 0.832. The molecule has 5 aliphatic rings. The number of nitrogens with two attached hydrogens (primary N) is 1. The van der Waals surface area contributed by atoms with E-state index in [1.54, 1.807) is 0 Å². The van der Waals surface area contributed by atoms with Crippen molar-refractivity contribution in [2.75, 3.05) is 32.7 Å². The molecule has 1 saturated heterocycles. The molecule has 1 heterocycles. The second-order valence-corrected chi connectivity index (χ2v) is 8.23. The van der Waals surface area contributed by atoms with Crippen LogP contribution in [-0.4, -0.2) is 54.3 Å². The molecule has 0 atom stereocenters.